The molecular weight excluding hydrogens is 204 g/mol. The predicted molar refractivity (Wildman–Crippen MR) is 62.1 cm³/mol. The van der Waals surface area contributed by atoms with Crippen molar-refractivity contribution in [1.82, 2.24) is 10.2 Å². The molecule has 0 aliphatic carbocycles. The van der Waals surface area contributed by atoms with Crippen LogP contribution in [0.1, 0.15) is 20.8 Å². The molecule has 2 fully saturated rings. The Balaban J connectivity index is 2.01. The van der Waals surface area contributed by atoms with Crippen LogP contribution in [0.4, 0.5) is 0 Å². The van der Waals surface area contributed by atoms with Crippen molar-refractivity contribution in [2.45, 2.75) is 26.4 Å². The standard InChI is InChI=1S/C12H22N2O2/c1-11(2,3)16-10(15)9-5-13-6-12(9)7-14(4)8-12/h9,13H,5-8H2,1-4H3/t9-/m0/s1. The molecule has 2 heterocycles. The van der Waals surface area contributed by atoms with E-state index in [9.17, 15) is 4.79 Å². The molecule has 0 unspecified atom stereocenters. The Labute approximate surface area is 97.3 Å². The van der Waals surface area contributed by atoms with Gasteiger partial charge in [0.15, 0.2) is 0 Å². The minimum absolute atomic E-state index is 0.0305. The zero-order valence-electron chi connectivity index (χ0n) is 10.7. The van der Waals surface area contributed by atoms with Crippen molar-refractivity contribution in [1.29, 1.82) is 0 Å². The summed E-state index contributed by atoms with van der Waals surface area (Å²) in [6, 6.07) is 0. The molecule has 2 rings (SSSR count). The largest absolute Gasteiger partial charge is 0.460 e. The van der Waals surface area contributed by atoms with Gasteiger partial charge >= 0.3 is 5.97 Å². The molecule has 1 N–H and O–H groups in total. The van der Waals surface area contributed by atoms with E-state index in [2.05, 4.69) is 17.3 Å². The second kappa shape index (κ2) is 3.70. The zero-order chi connectivity index (χ0) is 12.0. The molecule has 2 saturated heterocycles. The van der Waals surface area contributed by atoms with Crippen LogP contribution in [0, 0.1) is 11.3 Å². The van der Waals surface area contributed by atoms with E-state index in [0.717, 1.165) is 26.2 Å². The lowest BCUT2D eigenvalue weighted by Gasteiger charge is -2.48. The molecule has 0 aromatic heterocycles. The van der Waals surface area contributed by atoms with Crippen LogP contribution in [0.25, 0.3) is 0 Å². The molecule has 16 heavy (non-hydrogen) atoms. The second-order valence-corrected chi connectivity index (χ2v) is 6.25. The smallest absolute Gasteiger partial charge is 0.311 e. The van der Waals surface area contributed by atoms with E-state index < -0.39 is 0 Å². The Kier molecular flexibility index (Phi) is 2.75. The number of nitrogens with zero attached hydrogens (tertiary/aromatic N) is 1. The summed E-state index contributed by atoms with van der Waals surface area (Å²) in [6.45, 7) is 9.49. The van der Waals surface area contributed by atoms with Crippen LogP contribution in [-0.2, 0) is 9.53 Å². The number of esters is 1. The van der Waals surface area contributed by atoms with Crippen LogP contribution in [0.5, 0.6) is 0 Å². The molecule has 2 aliphatic heterocycles. The number of hydrogen-bond acceptors (Lipinski definition) is 4. The maximum absolute atomic E-state index is 12.1. The summed E-state index contributed by atoms with van der Waals surface area (Å²) < 4.78 is 5.49. The molecule has 0 bridgehead atoms. The fourth-order valence-corrected chi connectivity index (χ4v) is 2.87. The van der Waals surface area contributed by atoms with Crippen molar-refractivity contribution >= 4 is 5.97 Å². The number of nitrogens with one attached hydrogen (secondary N) is 1. The summed E-state index contributed by atoms with van der Waals surface area (Å²) >= 11 is 0. The molecule has 0 aromatic rings. The third-order valence-electron chi connectivity index (χ3n) is 3.43. The zero-order valence-corrected chi connectivity index (χ0v) is 10.7. The Morgan fingerprint density at radius 2 is 2.06 bits per heavy atom. The van der Waals surface area contributed by atoms with Crippen molar-refractivity contribution in [3.8, 4) is 0 Å². The van der Waals surface area contributed by atoms with Gasteiger partial charge in [0, 0.05) is 31.6 Å². The lowest BCUT2D eigenvalue weighted by Crippen LogP contribution is -2.60. The van der Waals surface area contributed by atoms with E-state index in [0.29, 0.717) is 0 Å². The van der Waals surface area contributed by atoms with Gasteiger partial charge in [-0.3, -0.25) is 4.79 Å². The molecular formula is C12H22N2O2. The van der Waals surface area contributed by atoms with Crippen LogP contribution in [0.2, 0.25) is 0 Å². The molecule has 92 valence electrons. The average Bonchev–Trinajstić information content (AvgIpc) is 2.44. The molecule has 0 amide bonds. The van der Waals surface area contributed by atoms with E-state index in [4.69, 9.17) is 4.74 Å². The van der Waals surface area contributed by atoms with E-state index in [1.54, 1.807) is 0 Å². The molecule has 2 aliphatic rings. The summed E-state index contributed by atoms with van der Waals surface area (Å²) in [5.41, 5.74) is -0.242. The van der Waals surface area contributed by atoms with E-state index in [-0.39, 0.29) is 22.9 Å². The first-order chi connectivity index (χ1) is 7.32. The summed E-state index contributed by atoms with van der Waals surface area (Å²) in [5, 5.41) is 3.32. The van der Waals surface area contributed by atoms with Crippen LogP contribution in [0.3, 0.4) is 0 Å². The lowest BCUT2D eigenvalue weighted by atomic mass is 9.72. The van der Waals surface area contributed by atoms with Crippen LogP contribution in [0.15, 0.2) is 0 Å². The van der Waals surface area contributed by atoms with Crippen molar-refractivity contribution in [2.24, 2.45) is 11.3 Å². The first-order valence-electron chi connectivity index (χ1n) is 5.95. The number of rotatable bonds is 1. The number of ether oxygens (including phenoxy) is 1. The maximum Gasteiger partial charge on any atom is 0.311 e. The Morgan fingerprint density at radius 3 is 2.56 bits per heavy atom. The minimum atomic E-state index is -0.378. The van der Waals surface area contributed by atoms with Gasteiger partial charge in [-0.1, -0.05) is 0 Å². The third-order valence-corrected chi connectivity index (χ3v) is 3.43. The molecule has 1 spiro atoms. The summed E-state index contributed by atoms with van der Waals surface area (Å²) in [5.74, 6) is -0.00600. The van der Waals surface area contributed by atoms with Crippen molar-refractivity contribution < 1.29 is 9.53 Å². The van der Waals surface area contributed by atoms with Gasteiger partial charge in [-0.05, 0) is 27.8 Å². The van der Waals surface area contributed by atoms with E-state index in [1.165, 1.54) is 0 Å². The van der Waals surface area contributed by atoms with Gasteiger partial charge in [0.1, 0.15) is 5.60 Å². The normalized spacial score (nSPS) is 29.1. The van der Waals surface area contributed by atoms with E-state index in [1.807, 2.05) is 20.8 Å². The van der Waals surface area contributed by atoms with Gasteiger partial charge in [0.2, 0.25) is 0 Å². The van der Waals surface area contributed by atoms with Crippen LogP contribution >= 0.6 is 0 Å². The Morgan fingerprint density at radius 1 is 1.44 bits per heavy atom. The third kappa shape index (κ3) is 2.09. The number of likely N-dealkylation sites (tertiary alicyclic amines) is 1. The Bertz CT molecular complexity index is 290. The van der Waals surface area contributed by atoms with Gasteiger partial charge in [0.05, 0.1) is 5.92 Å². The first kappa shape index (κ1) is 11.9. The molecule has 4 nitrogen and oxygen atoms in total. The molecule has 4 heteroatoms. The molecule has 0 saturated carbocycles. The maximum atomic E-state index is 12.1. The van der Waals surface area contributed by atoms with Gasteiger partial charge < -0.3 is 15.0 Å². The number of hydrogen-bond donors (Lipinski definition) is 1. The predicted octanol–water partition coefficient (Wildman–Crippen LogP) is 0.479. The fourth-order valence-electron chi connectivity index (χ4n) is 2.87. The van der Waals surface area contributed by atoms with Gasteiger partial charge in [0.25, 0.3) is 0 Å². The monoisotopic (exact) mass is 226 g/mol. The van der Waals surface area contributed by atoms with Gasteiger partial charge in [-0.2, -0.15) is 0 Å². The molecule has 0 radical (unpaired) electrons. The van der Waals surface area contributed by atoms with Crippen molar-refractivity contribution in [3.63, 3.8) is 0 Å². The summed E-state index contributed by atoms with van der Waals surface area (Å²) in [7, 11) is 2.09. The van der Waals surface area contributed by atoms with Crippen molar-refractivity contribution in [3.05, 3.63) is 0 Å². The van der Waals surface area contributed by atoms with Crippen LogP contribution < -0.4 is 5.32 Å². The highest BCUT2D eigenvalue weighted by Gasteiger charge is 2.54. The lowest BCUT2D eigenvalue weighted by molar-refractivity contribution is -0.167. The second-order valence-electron chi connectivity index (χ2n) is 6.25. The van der Waals surface area contributed by atoms with Gasteiger partial charge in [-0.15, -0.1) is 0 Å². The summed E-state index contributed by atoms with van der Waals surface area (Å²) in [6.07, 6.45) is 0. The van der Waals surface area contributed by atoms with Crippen LogP contribution in [-0.4, -0.2) is 49.7 Å². The Hall–Kier alpha value is -0.610. The minimum Gasteiger partial charge on any atom is -0.460 e. The highest BCUT2D eigenvalue weighted by atomic mass is 16.6. The average molecular weight is 226 g/mol. The SMILES string of the molecule is CN1CC2(CNC[C@H]2C(=O)OC(C)(C)C)C1. The fraction of sp³-hybridized carbons (Fsp3) is 0.917. The number of carbonyl (C=O) groups excluding carboxylic acids is 1. The van der Waals surface area contributed by atoms with Gasteiger partial charge in [-0.25, -0.2) is 0 Å². The molecule has 0 aromatic carbocycles. The quantitative estimate of drug-likeness (QED) is 0.660. The highest BCUT2D eigenvalue weighted by Crippen LogP contribution is 2.40. The topological polar surface area (TPSA) is 41.6 Å². The van der Waals surface area contributed by atoms with Crippen molar-refractivity contribution in [2.75, 3.05) is 33.2 Å². The highest BCUT2D eigenvalue weighted by molar-refractivity contribution is 5.75. The summed E-state index contributed by atoms with van der Waals surface area (Å²) in [4.78, 5) is 14.3. The molecule has 1 atom stereocenters. The first-order valence-corrected chi connectivity index (χ1v) is 5.95. The number of carbonyl (C=O) groups is 1. The van der Waals surface area contributed by atoms with E-state index >= 15 is 0 Å².